The number of hydrogen-bond acceptors (Lipinski definition) is 0. The molecule has 0 aromatic carbocycles. The van der Waals surface area contributed by atoms with Crippen molar-refractivity contribution in [2.45, 2.75) is 159 Å². The summed E-state index contributed by atoms with van der Waals surface area (Å²) in [5.41, 5.74) is 0. The van der Waals surface area contributed by atoms with Gasteiger partial charge in [-0.15, -0.1) is 0 Å². The molecule has 225 valence electrons. The fourth-order valence-corrected chi connectivity index (χ4v) is 46.0. The Balaban J connectivity index is -0.000000218. The Bertz CT molecular complexity index is 461. The van der Waals surface area contributed by atoms with E-state index in [0.717, 1.165) is 17.8 Å². The molecule has 0 amide bonds. The van der Waals surface area contributed by atoms with Crippen molar-refractivity contribution in [1.29, 1.82) is 0 Å². The van der Waals surface area contributed by atoms with Gasteiger partial charge in [-0.1, -0.05) is 208 Å². The predicted octanol–water partition coefficient (Wildman–Crippen LogP) is 11.9. The molecule has 0 fully saturated rings. The van der Waals surface area contributed by atoms with Crippen LogP contribution in [-0.4, -0.2) is 48.4 Å². The van der Waals surface area contributed by atoms with Crippen LogP contribution >= 0.6 is 0 Å². The summed E-state index contributed by atoms with van der Waals surface area (Å²) >= 11 is 0. The van der Waals surface area contributed by atoms with E-state index in [1.807, 2.05) is 15.5 Å². The molecule has 0 bridgehead atoms. The Kier molecular flexibility index (Phi) is 20.4. The van der Waals surface area contributed by atoms with E-state index in [2.05, 4.69) is 159 Å². The third kappa shape index (κ3) is 19.6. The summed E-state index contributed by atoms with van der Waals surface area (Å²) in [5, 5.41) is 5.82. The SMILES string of the molecule is CC(C)[C-]([Si](C)(C)C)[Si](C)(C)C.CC(C)[C-]([Si](C)(C)C)[Si](C)(C)C.CC(C)[C-]([Si](C)(C)C)[Si](C)(C)C.[Cr+3]. The minimum absolute atomic E-state index is 0. The molecular weight excluding hydrogens is 581 g/mol. The van der Waals surface area contributed by atoms with E-state index >= 15 is 0 Å². The third-order valence-corrected chi connectivity index (χ3v) is 33.2. The average Bonchev–Trinajstić information content (AvgIpc) is 2.34. The van der Waals surface area contributed by atoms with Crippen LogP contribution in [0.3, 0.4) is 0 Å². The van der Waals surface area contributed by atoms with E-state index in [-0.39, 0.29) is 17.4 Å². The van der Waals surface area contributed by atoms with Crippen LogP contribution in [0, 0.1) is 33.2 Å². The quantitative estimate of drug-likeness (QED) is 0.171. The molecule has 0 nitrogen and oxygen atoms in total. The van der Waals surface area contributed by atoms with E-state index in [9.17, 15) is 0 Å². The van der Waals surface area contributed by atoms with E-state index in [4.69, 9.17) is 0 Å². The van der Waals surface area contributed by atoms with Gasteiger partial charge in [-0.25, -0.2) is 0 Å². The van der Waals surface area contributed by atoms with Gasteiger partial charge in [-0.2, -0.15) is 17.8 Å². The Labute approximate surface area is 256 Å². The zero-order valence-electron chi connectivity index (χ0n) is 30.6. The van der Waals surface area contributed by atoms with Crippen molar-refractivity contribution in [2.24, 2.45) is 17.8 Å². The molecule has 0 saturated heterocycles. The number of rotatable bonds is 9. The van der Waals surface area contributed by atoms with Crippen molar-refractivity contribution in [1.82, 2.24) is 0 Å². The van der Waals surface area contributed by atoms with Crippen molar-refractivity contribution in [3.8, 4) is 0 Å². The van der Waals surface area contributed by atoms with Gasteiger partial charge in [0.1, 0.15) is 0 Å². The maximum Gasteiger partial charge on any atom is 3.00 e. The van der Waals surface area contributed by atoms with Crippen LogP contribution in [0.4, 0.5) is 0 Å². The first-order valence-corrected chi connectivity index (χ1v) is 35.8. The zero-order chi connectivity index (χ0) is 30.5. The zero-order valence-corrected chi connectivity index (χ0v) is 37.9. The molecule has 0 aromatic heterocycles. The molecule has 0 aliphatic carbocycles. The average molecular weight is 656 g/mol. The maximum atomic E-state index is 2.49. The molecule has 0 rings (SSSR count). The summed E-state index contributed by atoms with van der Waals surface area (Å²) in [6.07, 6.45) is 0. The molecule has 0 atom stereocenters. The van der Waals surface area contributed by atoms with Gasteiger partial charge in [0.05, 0.1) is 0 Å². The van der Waals surface area contributed by atoms with Crippen LogP contribution in [0.2, 0.25) is 118 Å². The standard InChI is InChI=1S/3C10H25Si2.Cr/c3*1-9(2)10(11(3,4)5)12(6,7)8;/h3*9H,1-8H3;/q3*-1;+3. The number of hydrogen-bond donors (Lipinski definition) is 0. The largest absolute Gasteiger partial charge is 3.00 e. The fraction of sp³-hybridized carbons (Fsp3) is 0.900. The molecule has 0 heterocycles. The monoisotopic (exact) mass is 655 g/mol. The molecular formula is C30H75CrSi6. The van der Waals surface area contributed by atoms with Crippen molar-refractivity contribution < 1.29 is 17.4 Å². The summed E-state index contributed by atoms with van der Waals surface area (Å²) < 4.78 is 0. The Morgan fingerprint density at radius 1 is 0.270 bits per heavy atom. The molecule has 0 unspecified atom stereocenters. The minimum atomic E-state index is -1.01. The first-order valence-electron chi connectivity index (χ1n) is 14.8. The molecule has 0 aromatic rings. The van der Waals surface area contributed by atoms with E-state index in [1.54, 1.807) is 0 Å². The van der Waals surface area contributed by atoms with Gasteiger partial charge < -0.3 is 15.5 Å². The van der Waals surface area contributed by atoms with Crippen molar-refractivity contribution in [3.63, 3.8) is 0 Å². The van der Waals surface area contributed by atoms with Gasteiger partial charge in [-0.05, 0) is 0 Å². The van der Waals surface area contributed by atoms with Gasteiger partial charge in [0.25, 0.3) is 0 Å². The Morgan fingerprint density at radius 2 is 0.351 bits per heavy atom. The summed E-state index contributed by atoms with van der Waals surface area (Å²) in [6, 6.07) is 0. The molecule has 7 heteroatoms. The second-order valence-corrected chi connectivity index (χ2v) is 49.9. The van der Waals surface area contributed by atoms with Crippen molar-refractivity contribution in [3.05, 3.63) is 15.5 Å². The van der Waals surface area contributed by atoms with Gasteiger partial charge in [-0.3, -0.25) is 0 Å². The Morgan fingerprint density at radius 3 is 0.351 bits per heavy atom. The van der Waals surface area contributed by atoms with Crippen molar-refractivity contribution >= 4 is 48.4 Å². The Hall–Kier alpha value is 1.83. The molecule has 0 aliphatic rings. The minimum Gasteiger partial charge on any atom is -0.310 e. The van der Waals surface area contributed by atoms with Crippen LogP contribution in [0.1, 0.15) is 41.5 Å². The normalized spacial score (nSPS) is 14.1. The smallest absolute Gasteiger partial charge is 0.310 e. The predicted molar refractivity (Wildman–Crippen MR) is 194 cm³/mol. The van der Waals surface area contributed by atoms with Crippen LogP contribution in [0.25, 0.3) is 0 Å². The van der Waals surface area contributed by atoms with E-state index in [1.165, 1.54) is 0 Å². The summed E-state index contributed by atoms with van der Waals surface area (Å²) in [5.74, 6) is 2.43. The van der Waals surface area contributed by atoms with Crippen LogP contribution in [-0.2, 0) is 17.4 Å². The molecule has 0 saturated carbocycles. The van der Waals surface area contributed by atoms with Gasteiger partial charge in [0, 0.05) is 0 Å². The van der Waals surface area contributed by atoms with Crippen LogP contribution in [0.5, 0.6) is 0 Å². The van der Waals surface area contributed by atoms with Crippen molar-refractivity contribution in [2.75, 3.05) is 0 Å². The molecule has 0 aliphatic heterocycles. The van der Waals surface area contributed by atoms with Gasteiger partial charge >= 0.3 is 17.4 Å². The molecule has 0 spiro atoms. The topological polar surface area (TPSA) is 0 Å². The van der Waals surface area contributed by atoms with Gasteiger partial charge in [0.2, 0.25) is 0 Å². The molecule has 0 N–H and O–H groups in total. The van der Waals surface area contributed by atoms with Gasteiger partial charge in [0.15, 0.2) is 0 Å². The van der Waals surface area contributed by atoms with E-state index in [0.29, 0.717) is 0 Å². The second-order valence-electron chi connectivity index (χ2n) is 18.2. The summed E-state index contributed by atoms with van der Waals surface area (Å²) in [6.45, 7) is 59.0. The first kappa shape index (κ1) is 45.8. The van der Waals surface area contributed by atoms with Crippen LogP contribution < -0.4 is 0 Å². The fourth-order valence-electron chi connectivity index (χ4n) is 8.57. The van der Waals surface area contributed by atoms with Crippen LogP contribution in [0.15, 0.2) is 0 Å². The third-order valence-electron chi connectivity index (χ3n) is 6.58. The molecule has 37 heavy (non-hydrogen) atoms. The first-order chi connectivity index (χ1) is 15.2. The molecule has 1 radical (unpaired) electrons. The maximum absolute atomic E-state index is 2.49. The second kappa shape index (κ2) is 16.5. The van der Waals surface area contributed by atoms with E-state index < -0.39 is 48.4 Å². The summed E-state index contributed by atoms with van der Waals surface area (Å²) in [7, 11) is -6.04. The summed E-state index contributed by atoms with van der Waals surface area (Å²) in [4.78, 5) is 0.